The number of thiol groups is 1. The molecule has 0 radical (unpaired) electrons. The lowest BCUT2D eigenvalue weighted by atomic mass is 10.7. The van der Waals surface area contributed by atoms with E-state index in [-0.39, 0.29) is 0 Å². The molecule has 2 unspecified atom stereocenters. The van der Waals surface area contributed by atoms with Crippen LogP contribution in [0.1, 0.15) is 13.8 Å². The Hall–Kier alpha value is -0.130. The molecule has 0 aromatic carbocycles. The lowest BCUT2D eigenvalue weighted by Gasteiger charge is -2.12. The van der Waals surface area contributed by atoms with Crippen LogP contribution in [0.5, 0.6) is 0 Å². The predicted octanol–water partition coefficient (Wildman–Crippen LogP) is -0.0472. The zero-order chi connectivity index (χ0) is 8.15. The number of ether oxygens (including phenoxy) is 2. The Balaban J connectivity index is 3.67. The Labute approximate surface area is 62.1 Å². The maximum absolute atomic E-state index is 10.2. The van der Waals surface area contributed by atoms with Crippen molar-refractivity contribution in [3.05, 3.63) is 0 Å². The fourth-order valence-corrected chi connectivity index (χ4v) is 0.653. The van der Waals surface area contributed by atoms with Gasteiger partial charge in [0.15, 0.2) is 22.4 Å². The van der Waals surface area contributed by atoms with E-state index in [1.165, 1.54) is 14.0 Å². The van der Waals surface area contributed by atoms with Crippen LogP contribution in [-0.2, 0) is 20.2 Å². The molecule has 62 valence electrons. The molecular weight excluding hydrogens is 156 g/mol. The van der Waals surface area contributed by atoms with Gasteiger partial charge in [-0.15, -0.1) is 0 Å². The minimum atomic E-state index is -2.50. The molecule has 0 aliphatic rings. The quantitative estimate of drug-likeness (QED) is 0.472. The minimum Gasteiger partial charge on any atom is -0.356 e. The van der Waals surface area contributed by atoms with Gasteiger partial charge in [0.05, 0.1) is 0 Å². The van der Waals surface area contributed by atoms with E-state index in [0.29, 0.717) is 0 Å². The van der Waals surface area contributed by atoms with Crippen molar-refractivity contribution in [3.63, 3.8) is 0 Å². The lowest BCUT2D eigenvalue weighted by molar-refractivity contribution is -0.117. The Morgan fingerprint density at radius 2 is 1.80 bits per heavy atom. The van der Waals surface area contributed by atoms with Gasteiger partial charge in [0.1, 0.15) is 0 Å². The zero-order valence-corrected chi connectivity index (χ0v) is 7.13. The van der Waals surface area contributed by atoms with Crippen LogP contribution in [0, 0.1) is 0 Å². The zero-order valence-electron chi connectivity index (χ0n) is 6.23. The summed E-state index contributed by atoms with van der Waals surface area (Å²) < 4.78 is 29.9. The van der Waals surface area contributed by atoms with E-state index in [0.717, 1.165) is 0 Å². The molecular formula is C5H12O4S. The summed E-state index contributed by atoms with van der Waals surface area (Å²) >= 11 is 0. The second kappa shape index (κ2) is 4.65. The highest BCUT2D eigenvalue weighted by Crippen LogP contribution is 1.97. The molecule has 0 amide bonds. The standard InChI is InChI=1S/C5H12O4S/c1-4(8-3)9-5(2)10(6)7/h4-5,10H,1-3H3. The molecule has 5 heteroatoms. The average molecular weight is 168 g/mol. The van der Waals surface area contributed by atoms with Crippen molar-refractivity contribution in [1.82, 2.24) is 0 Å². The summed E-state index contributed by atoms with van der Waals surface area (Å²) in [5.74, 6) is 0. The maximum Gasteiger partial charge on any atom is 0.166 e. The fourth-order valence-electron chi connectivity index (χ4n) is 0.383. The van der Waals surface area contributed by atoms with Crippen molar-refractivity contribution < 1.29 is 17.9 Å². The molecule has 0 aliphatic heterocycles. The highest BCUT2D eigenvalue weighted by molar-refractivity contribution is 7.72. The Morgan fingerprint density at radius 3 is 2.10 bits per heavy atom. The Morgan fingerprint density at radius 1 is 1.30 bits per heavy atom. The van der Waals surface area contributed by atoms with E-state index in [1.807, 2.05) is 0 Å². The lowest BCUT2D eigenvalue weighted by Crippen LogP contribution is -2.19. The monoisotopic (exact) mass is 168 g/mol. The molecule has 0 saturated carbocycles. The third-order valence-electron chi connectivity index (χ3n) is 1.02. The van der Waals surface area contributed by atoms with E-state index in [4.69, 9.17) is 4.74 Å². The van der Waals surface area contributed by atoms with Crippen molar-refractivity contribution >= 4 is 10.7 Å². The third kappa shape index (κ3) is 3.81. The van der Waals surface area contributed by atoms with Gasteiger partial charge in [-0.25, -0.2) is 8.42 Å². The summed E-state index contributed by atoms with van der Waals surface area (Å²) in [4.78, 5) is 0. The molecule has 0 aliphatic carbocycles. The van der Waals surface area contributed by atoms with Gasteiger partial charge in [0.2, 0.25) is 0 Å². The number of hydrogen-bond acceptors (Lipinski definition) is 4. The normalized spacial score (nSPS) is 17.2. The van der Waals surface area contributed by atoms with Gasteiger partial charge in [-0.2, -0.15) is 0 Å². The summed E-state index contributed by atoms with van der Waals surface area (Å²) in [6.07, 6.45) is -0.470. The van der Waals surface area contributed by atoms with Crippen molar-refractivity contribution in [3.8, 4) is 0 Å². The summed E-state index contributed by atoms with van der Waals surface area (Å²) in [7, 11) is -1.05. The van der Waals surface area contributed by atoms with Crippen molar-refractivity contribution in [2.75, 3.05) is 7.11 Å². The Kier molecular flexibility index (Phi) is 4.59. The van der Waals surface area contributed by atoms with Crippen LogP contribution in [0.15, 0.2) is 0 Å². The van der Waals surface area contributed by atoms with E-state index in [1.54, 1.807) is 6.92 Å². The van der Waals surface area contributed by atoms with Crippen LogP contribution >= 0.6 is 0 Å². The molecule has 0 heterocycles. The van der Waals surface area contributed by atoms with Gasteiger partial charge < -0.3 is 9.47 Å². The first-order valence-corrected chi connectivity index (χ1v) is 4.14. The minimum absolute atomic E-state index is 0.470. The van der Waals surface area contributed by atoms with Crippen molar-refractivity contribution in [2.45, 2.75) is 25.6 Å². The smallest absolute Gasteiger partial charge is 0.166 e. The summed E-state index contributed by atoms with van der Waals surface area (Å²) in [5.41, 5.74) is -0.773. The van der Waals surface area contributed by atoms with Crippen LogP contribution in [0.25, 0.3) is 0 Å². The van der Waals surface area contributed by atoms with Crippen LogP contribution in [-0.4, -0.2) is 27.3 Å². The van der Waals surface area contributed by atoms with E-state index < -0.39 is 22.4 Å². The summed E-state index contributed by atoms with van der Waals surface area (Å²) in [5, 5.41) is 0. The van der Waals surface area contributed by atoms with Crippen LogP contribution in [0.4, 0.5) is 0 Å². The van der Waals surface area contributed by atoms with Crippen molar-refractivity contribution in [1.29, 1.82) is 0 Å². The molecule has 0 aromatic heterocycles. The predicted molar refractivity (Wildman–Crippen MR) is 37.3 cm³/mol. The van der Waals surface area contributed by atoms with E-state index in [2.05, 4.69) is 4.74 Å². The van der Waals surface area contributed by atoms with Crippen LogP contribution < -0.4 is 0 Å². The third-order valence-corrected chi connectivity index (χ3v) is 1.73. The van der Waals surface area contributed by atoms with E-state index >= 15 is 0 Å². The highest BCUT2D eigenvalue weighted by atomic mass is 32.2. The van der Waals surface area contributed by atoms with Gasteiger partial charge in [-0.05, 0) is 13.8 Å². The molecule has 4 nitrogen and oxygen atoms in total. The topological polar surface area (TPSA) is 52.6 Å². The molecule has 0 N–H and O–H groups in total. The largest absolute Gasteiger partial charge is 0.356 e. The molecule has 0 bridgehead atoms. The fraction of sp³-hybridized carbons (Fsp3) is 1.00. The first kappa shape index (κ1) is 9.87. The highest BCUT2D eigenvalue weighted by Gasteiger charge is 2.08. The molecule has 10 heavy (non-hydrogen) atoms. The number of hydrogen-bond donors (Lipinski definition) is 1. The number of rotatable bonds is 4. The average Bonchev–Trinajstić information content (AvgIpc) is 1.87. The molecule has 0 spiro atoms. The second-order valence-electron chi connectivity index (χ2n) is 1.82. The first-order valence-electron chi connectivity index (χ1n) is 2.89. The summed E-state index contributed by atoms with van der Waals surface area (Å²) in [6.45, 7) is 3.09. The van der Waals surface area contributed by atoms with Crippen molar-refractivity contribution in [2.24, 2.45) is 0 Å². The Bertz CT molecular complexity index is 146. The molecule has 0 rings (SSSR count). The van der Waals surface area contributed by atoms with E-state index in [9.17, 15) is 8.42 Å². The molecule has 0 saturated heterocycles. The maximum atomic E-state index is 10.2. The molecule has 0 fully saturated rings. The molecule has 0 aromatic rings. The van der Waals surface area contributed by atoms with Gasteiger partial charge in [-0.1, -0.05) is 0 Å². The van der Waals surface area contributed by atoms with Gasteiger partial charge >= 0.3 is 0 Å². The first-order chi connectivity index (χ1) is 4.57. The second-order valence-corrected chi connectivity index (χ2v) is 3.12. The van der Waals surface area contributed by atoms with Gasteiger partial charge in [-0.3, -0.25) is 0 Å². The SMILES string of the molecule is COC(C)OC(C)[SH](=O)=O. The van der Waals surface area contributed by atoms with Crippen LogP contribution in [0.2, 0.25) is 0 Å². The van der Waals surface area contributed by atoms with Gasteiger partial charge in [0, 0.05) is 7.11 Å². The summed E-state index contributed by atoms with van der Waals surface area (Å²) in [6, 6.07) is 0. The molecule has 2 atom stereocenters. The van der Waals surface area contributed by atoms with Gasteiger partial charge in [0.25, 0.3) is 0 Å². The van der Waals surface area contributed by atoms with Crippen LogP contribution in [0.3, 0.4) is 0 Å². The number of methoxy groups -OCH3 is 1.